The number of hydrogen-bond donors (Lipinski definition) is 2. The third-order valence-electron chi connectivity index (χ3n) is 8.47. The van der Waals surface area contributed by atoms with E-state index in [4.69, 9.17) is 19.3 Å². The van der Waals surface area contributed by atoms with Gasteiger partial charge in [-0.25, -0.2) is 0 Å². The maximum atomic E-state index is 11.0. The lowest BCUT2D eigenvalue weighted by Gasteiger charge is -2.11. The molecule has 0 unspecified atom stereocenters. The fourth-order valence-corrected chi connectivity index (χ4v) is 5.77. The molecule has 0 heterocycles. The maximum absolute atomic E-state index is 11.0. The minimum absolute atomic E-state index is 0.0757. The number of carboxylic acids is 1. The van der Waals surface area contributed by atoms with E-state index < -0.39 is 11.4 Å². The van der Waals surface area contributed by atoms with Gasteiger partial charge in [0.05, 0.1) is 33.4 Å². The zero-order valence-electron chi connectivity index (χ0n) is 25.2. The molecule has 3 fully saturated rings. The van der Waals surface area contributed by atoms with Crippen LogP contribution >= 0.6 is 63.7 Å². The van der Waals surface area contributed by atoms with Crippen molar-refractivity contribution in [2.45, 2.75) is 57.4 Å². The number of ether oxygens (including phenoxy) is 3. The number of benzene rings is 3. The molecule has 0 amide bonds. The van der Waals surface area contributed by atoms with E-state index in [1.54, 1.807) is 33.5 Å². The van der Waals surface area contributed by atoms with Gasteiger partial charge in [-0.05, 0) is 91.6 Å². The number of halogens is 4. The third kappa shape index (κ3) is 9.95. The zero-order chi connectivity index (χ0) is 32.4. The molecule has 0 aromatic heterocycles. The van der Waals surface area contributed by atoms with Crippen LogP contribution in [0.3, 0.4) is 0 Å². The van der Waals surface area contributed by atoms with Crippen LogP contribution in [0, 0.1) is 0 Å². The largest absolute Gasteiger partial charge is 0.497 e. The van der Waals surface area contributed by atoms with Crippen LogP contribution in [0.5, 0.6) is 17.2 Å². The van der Waals surface area contributed by atoms with E-state index in [-0.39, 0.29) is 14.7 Å². The Bertz CT molecular complexity index is 1230. The number of hydrogen-bond acceptors (Lipinski definition) is 5. The molecule has 0 bridgehead atoms. The summed E-state index contributed by atoms with van der Waals surface area (Å²) in [5.41, 5.74) is 3.46. The first-order chi connectivity index (χ1) is 21.0. The summed E-state index contributed by atoms with van der Waals surface area (Å²) in [6.07, 6.45) is 6.32. The molecule has 240 valence electrons. The maximum Gasteiger partial charge on any atom is 0.314 e. The quantitative estimate of drug-likeness (QED) is 0.209. The van der Waals surface area contributed by atoms with Crippen LogP contribution in [0.15, 0.2) is 72.8 Å². The standard InChI is InChI=1S/C11H13BrO.C11H12O3.C11H14O2.CHBr3/c1-13-10-4-2-9(3-5-10)11(8-12)6-7-11;1-14-9-4-2-8(3-5-9)11(6-7-11)10(12)13;1-13-10-4-2-9(3-5-10)11(8-12)6-7-11;2-1(3)4/h2-5H,6-8H2,1H3;2-5H,6-7H2,1H3,(H,12,13);2-5,12H,6-8H2,1H3;1H. The number of carboxylic acid groups (broad SMARTS) is 1. The lowest BCUT2D eigenvalue weighted by Crippen LogP contribution is -2.19. The average Bonchev–Trinajstić information content (AvgIpc) is 3.93. The third-order valence-corrected chi connectivity index (χ3v) is 9.55. The zero-order valence-corrected chi connectivity index (χ0v) is 31.5. The molecule has 3 aromatic carbocycles. The second-order valence-electron chi connectivity index (χ2n) is 11.2. The van der Waals surface area contributed by atoms with Gasteiger partial charge in [0, 0.05) is 16.2 Å². The van der Waals surface area contributed by atoms with Crippen molar-refractivity contribution >= 4 is 69.7 Å². The average molecular weight is 864 g/mol. The number of aliphatic hydroxyl groups excluding tert-OH is 1. The second kappa shape index (κ2) is 16.8. The van der Waals surface area contributed by atoms with Gasteiger partial charge in [-0.1, -0.05) is 100 Å². The summed E-state index contributed by atoms with van der Waals surface area (Å²) >= 11 is 12.9. The van der Waals surface area contributed by atoms with Gasteiger partial charge in [0.2, 0.25) is 0 Å². The summed E-state index contributed by atoms with van der Waals surface area (Å²) in [6, 6.07) is 23.7. The molecular weight excluding hydrogens is 824 g/mol. The van der Waals surface area contributed by atoms with Gasteiger partial charge in [-0.15, -0.1) is 0 Å². The number of methoxy groups -OCH3 is 3. The smallest absolute Gasteiger partial charge is 0.314 e. The van der Waals surface area contributed by atoms with E-state index in [0.717, 1.165) is 53.8 Å². The van der Waals surface area contributed by atoms with E-state index in [0.29, 0.717) is 5.41 Å². The normalized spacial score (nSPS) is 17.2. The first-order valence-electron chi connectivity index (χ1n) is 14.3. The molecule has 0 atom stereocenters. The number of aliphatic hydroxyl groups is 1. The van der Waals surface area contributed by atoms with E-state index in [1.165, 1.54) is 24.0 Å². The molecule has 3 aliphatic carbocycles. The van der Waals surface area contributed by atoms with E-state index in [9.17, 15) is 9.90 Å². The Balaban J connectivity index is 0.000000170. The fraction of sp³-hybridized carbons (Fsp3) is 0.441. The predicted octanol–water partition coefficient (Wildman–Crippen LogP) is 9.11. The van der Waals surface area contributed by atoms with Crippen molar-refractivity contribution in [2.75, 3.05) is 33.3 Å². The topological polar surface area (TPSA) is 85.2 Å². The van der Waals surface area contributed by atoms with Crippen LogP contribution in [-0.4, -0.2) is 52.1 Å². The van der Waals surface area contributed by atoms with E-state index in [2.05, 4.69) is 75.9 Å². The van der Waals surface area contributed by atoms with Gasteiger partial charge in [-0.3, -0.25) is 4.79 Å². The molecule has 6 rings (SSSR count). The first kappa shape index (κ1) is 36.9. The molecule has 0 radical (unpaired) electrons. The second-order valence-corrected chi connectivity index (χ2v) is 18.2. The number of carbonyl (C=O) groups is 1. The molecule has 2 N–H and O–H groups in total. The number of aliphatic carboxylic acids is 1. The summed E-state index contributed by atoms with van der Waals surface area (Å²) in [4.78, 5) is 11.0. The summed E-state index contributed by atoms with van der Waals surface area (Å²) in [5, 5.41) is 19.3. The SMILES string of the molecule is BrC(Br)Br.COc1ccc(C2(C(=O)O)CC2)cc1.COc1ccc(C2(CBr)CC2)cc1.COc1ccc(C2(CO)CC2)cc1. The minimum atomic E-state index is -0.720. The first-order valence-corrected chi connectivity index (χ1v) is 18.2. The van der Waals surface area contributed by atoms with Crippen molar-refractivity contribution in [1.82, 2.24) is 0 Å². The molecule has 10 heteroatoms. The number of alkyl halides is 4. The van der Waals surface area contributed by atoms with Crippen molar-refractivity contribution in [3.63, 3.8) is 0 Å². The Morgan fingerprint density at radius 1 is 0.659 bits per heavy atom. The highest BCUT2D eigenvalue weighted by atomic mass is 80.0. The van der Waals surface area contributed by atoms with Crippen LogP contribution in [0.25, 0.3) is 0 Å². The molecule has 3 saturated carbocycles. The lowest BCUT2D eigenvalue weighted by atomic mass is 9.96. The molecule has 0 aliphatic heterocycles. The Morgan fingerprint density at radius 3 is 1.20 bits per heavy atom. The van der Waals surface area contributed by atoms with Crippen molar-refractivity contribution < 1.29 is 29.2 Å². The van der Waals surface area contributed by atoms with Crippen LogP contribution in [0.2, 0.25) is 0 Å². The molecule has 0 saturated heterocycles. The van der Waals surface area contributed by atoms with Gasteiger partial charge < -0.3 is 24.4 Å². The summed E-state index contributed by atoms with van der Waals surface area (Å²) in [6.45, 7) is 0.263. The van der Waals surface area contributed by atoms with Crippen LogP contribution < -0.4 is 14.2 Å². The molecule has 3 aromatic rings. The highest BCUT2D eigenvalue weighted by Crippen LogP contribution is 2.50. The summed E-state index contributed by atoms with van der Waals surface area (Å²) < 4.78 is 15.5. The molecule has 0 spiro atoms. The predicted molar refractivity (Wildman–Crippen MR) is 191 cm³/mol. The fourth-order valence-electron chi connectivity index (χ4n) is 4.89. The van der Waals surface area contributed by atoms with E-state index >= 15 is 0 Å². The van der Waals surface area contributed by atoms with Gasteiger partial charge in [0.15, 0.2) is 0 Å². The van der Waals surface area contributed by atoms with Crippen molar-refractivity contribution in [3.05, 3.63) is 89.5 Å². The number of rotatable bonds is 9. The van der Waals surface area contributed by atoms with Crippen molar-refractivity contribution in [1.29, 1.82) is 0 Å². The van der Waals surface area contributed by atoms with Crippen molar-refractivity contribution in [3.8, 4) is 17.2 Å². The summed E-state index contributed by atoms with van der Waals surface area (Å²) in [5.74, 6) is 1.85. The van der Waals surface area contributed by atoms with Gasteiger partial charge in [0.25, 0.3) is 0 Å². The Kier molecular flexibility index (Phi) is 14.1. The van der Waals surface area contributed by atoms with Crippen LogP contribution in [0.4, 0.5) is 0 Å². The Morgan fingerprint density at radius 2 is 0.977 bits per heavy atom. The minimum Gasteiger partial charge on any atom is -0.497 e. The van der Waals surface area contributed by atoms with Crippen LogP contribution in [0.1, 0.15) is 55.2 Å². The van der Waals surface area contributed by atoms with Gasteiger partial charge in [-0.2, -0.15) is 0 Å². The highest BCUT2D eigenvalue weighted by Gasteiger charge is 2.51. The molecule has 3 aliphatic rings. The van der Waals surface area contributed by atoms with Crippen molar-refractivity contribution in [2.24, 2.45) is 0 Å². The van der Waals surface area contributed by atoms with Crippen LogP contribution in [-0.2, 0) is 21.0 Å². The molecule has 6 nitrogen and oxygen atoms in total. The molecule has 44 heavy (non-hydrogen) atoms. The summed E-state index contributed by atoms with van der Waals surface area (Å²) in [7, 11) is 4.96. The van der Waals surface area contributed by atoms with E-state index in [1.807, 2.05) is 48.5 Å². The monoisotopic (exact) mass is 860 g/mol. The lowest BCUT2D eigenvalue weighted by molar-refractivity contribution is -0.140. The molecular formula is C34H40Br4O6. The Hall–Kier alpha value is -1.59. The van der Waals surface area contributed by atoms with Gasteiger partial charge in [0.1, 0.15) is 19.9 Å². The Labute approximate surface area is 294 Å². The highest BCUT2D eigenvalue weighted by molar-refractivity contribution is 9.38. The van der Waals surface area contributed by atoms with Gasteiger partial charge >= 0.3 is 5.97 Å².